The fourth-order valence-electron chi connectivity index (χ4n) is 7.77. The van der Waals surface area contributed by atoms with Crippen LogP contribution in [0.5, 0.6) is 0 Å². The number of hydrogen-bond donors (Lipinski definition) is 0. The molecule has 7 atom stereocenters. The highest BCUT2D eigenvalue weighted by molar-refractivity contribution is 5.85. The summed E-state index contributed by atoms with van der Waals surface area (Å²) in [6.45, 7) is 7.54. The third-order valence-electron chi connectivity index (χ3n) is 9.20. The zero-order valence-corrected chi connectivity index (χ0v) is 18.9. The molecule has 3 saturated carbocycles. The SMILES string of the molecule is CC(=O)OCC(=O)[C@@H]1CC[C@@H]2[C@H]3CC=C4C[C@H](OC(C)=O)CC[C@]4(C)[C@@H]3CC[C@@]21C. The highest BCUT2D eigenvalue weighted by Crippen LogP contribution is 2.66. The Hall–Kier alpha value is -1.65. The molecule has 5 nitrogen and oxygen atoms in total. The first-order valence-corrected chi connectivity index (χ1v) is 11.7. The van der Waals surface area contributed by atoms with E-state index in [1.54, 1.807) is 0 Å². The maximum Gasteiger partial charge on any atom is 0.303 e. The second kappa shape index (κ2) is 7.80. The van der Waals surface area contributed by atoms with Gasteiger partial charge >= 0.3 is 11.9 Å². The van der Waals surface area contributed by atoms with Crippen molar-refractivity contribution in [2.45, 2.75) is 85.2 Å². The van der Waals surface area contributed by atoms with Crippen LogP contribution in [0.4, 0.5) is 0 Å². The average Bonchev–Trinajstić information content (AvgIpc) is 3.03. The third kappa shape index (κ3) is 3.52. The van der Waals surface area contributed by atoms with Gasteiger partial charge in [-0.05, 0) is 73.5 Å². The van der Waals surface area contributed by atoms with Gasteiger partial charge in [0, 0.05) is 26.2 Å². The number of allylic oxidation sites excluding steroid dienone is 1. The van der Waals surface area contributed by atoms with E-state index in [-0.39, 0.29) is 47.2 Å². The van der Waals surface area contributed by atoms with Crippen molar-refractivity contribution in [3.63, 3.8) is 0 Å². The number of ether oxygens (including phenoxy) is 2. The summed E-state index contributed by atoms with van der Waals surface area (Å²) in [6.07, 6.45) is 10.7. The topological polar surface area (TPSA) is 69.7 Å². The van der Waals surface area contributed by atoms with Crippen molar-refractivity contribution in [3.05, 3.63) is 11.6 Å². The summed E-state index contributed by atoms with van der Waals surface area (Å²) in [5, 5.41) is 0. The number of hydrogen-bond acceptors (Lipinski definition) is 5. The van der Waals surface area contributed by atoms with Crippen molar-refractivity contribution < 1.29 is 23.9 Å². The molecule has 0 unspecified atom stereocenters. The number of rotatable bonds is 4. The van der Waals surface area contributed by atoms with Crippen LogP contribution in [0.2, 0.25) is 0 Å². The maximum atomic E-state index is 12.9. The molecule has 0 saturated heterocycles. The fourth-order valence-corrected chi connectivity index (χ4v) is 7.77. The number of carbonyl (C=O) groups excluding carboxylic acids is 3. The van der Waals surface area contributed by atoms with E-state index >= 15 is 0 Å². The number of esters is 2. The Kier molecular flexibility index (Phi) is 5.61. The molecule has 0 aromatic rings. The molecule has 4 aliphatic carbocycles. The van der Waals surface area contributed by atoms with Crippen molar-refractivity contribution in [2.24, 2.45) is 34.5 Å². The Labute approximate surface area is 179 Å². The Bertz CT molecular complexity index is 770. The van der Waals surface area contributed by atoms with Crippen molar-refractivity contribution in [3.8, 4) is 0 Å². The van der Waals surface area contributed by atoms with E-state index in [0.29, 0.717) is 17.8 Å². The number of Topliss-reactive ketones (excluding diaryl/α,β-unsaturated/α-hetero) is 1. The Balaban J connectivity index is 1.51. The lowest BCUT2D eigenvalue weighted by molar-refractivity contribution is -0.150. The van der Waals surface area contributed by atoms with Gasteiger partial charge in [0.2, 0.25) is 0 Å². The van der Waals surface area contributed by atoms with Crippen LogP contribution in [0.1, 0.15) is 79.1 Å². The van der Waals surface area contributed by atoms with Gasteiger partial charge in [0.1, 0.15) is 12.7 Å². The molecule has 0 spiro atoms. The van der Waals surface area contributed by atoms with E-state index in [2.05, 4.69) is 19.9 Å². The average molecular weight is 417 g/mol. The number of carbonyl (C=O) groups is 3. The summed E-state index contributed by atoms with van der Waals surface area (Å²) in [6, 6.07) is 0. The predicted octanol–water partition coefficient (Wildman–Crippen LogP) is 4.63. The Morgan fingerprint density at radius 2 is 1.77 bits per heavy atom. The molecular formula is C25H36O5. The molecule has 4 rings (SSSR count). The second-order valence-electron chi connectivity index (χ2n) is 10.7. The molecule has 4 aliphatic rings. The summed E-state index contributed by atoms with van der Waals surface area (Å²) in [7, 11) is 0. The van der Waals surface area contributed by atoms with Crippen LogP contribution in [0.15, 0.2) is 11.6 Å². The van der Waals surface area contributed by atoms with E-state index in [1.165, 1.54) is 19.4 Å². The third-order valence-corrected chi connectivity index (χ3v) is 9.20. The van der Waals surface area contributed by atoms with Crippen LogP contribution in [-0.2, 0) is 23.9 Å². The second-order valence-corrected chi connectivity index (χ2v) is 10.7. The van der Waals surface area contributed by atoms with Crippen molar-refractivity contribution in [1.29, 1.82) is 0 Å². The summed E-state index contributed by atoms with van der Waals surface area (Å²) >= 11 is 0. The van der Waals surface area contributed by atoms with Gasteiger partial charge in [0.15, 0.2) is 5.78 Å². The first kappa shape index (κ1) is 21.6. The van der Waals surface area contributed by atoms with E-state index in [1.807, 2.05) is 0 Å². The van der Waals surface area contributed by atoms with Crippen LogP contribution in [-0.4, -0.2) is 30.4 Å². The minimum atomic E-state index is -0.381. The van der Waals surface area contributed by atoms with E-state index in [9.17, 15) is 14.4 Å². The van der Waals surface area contributed by atoms with Gasteiger partial charge in [-0.25, -0.2) is 0 Å². The highest BCUT2D eigenvalue weighted by atomic mass is 16.5. The smallest absolute Gasteiger partial charge is 0.303 e. The minimum Gasteiger partial charge on any atom is -0.462 e. The molecular weight excluding hydrogens is 380 g/mol. The molecule has 0 N–H and O–H groups in total. The van der Waals surface area contributed by atoms with Crippen LogP contribution in [0.25, 0.3) is 0 Å². The van der Waals surface area contributed by atoms with Gasteiger partial charge in [-0.15, -0.1) is 0 Å². The Morgan fingerprint density at radius 3 is 2.47 bits per heavy atom. The monoisotopic (exact) mass is 416 g/mol. The van der Waals surface area contributed by atoms with Gasteiger partial charge in [0.05, 0.1) is 0 Å². The zero-order chi connectivity index (χ0) is 21.7. The molecule has 166 valence electrons. The lowest BCUT2D eigenvalue weighted by Gasteiger charge is -2.58. The van der Waals surface area contributed by atoms with Gasteiger partial charge < -0.3 is 9.47 Å². The molecule has 0 amide bonds. The Morgan fingerprint density at radius 1 is 1.00 bits per heavy atom. The first-order valence-electron chi connectivity index (χ1n) is 11.7. The summed E-state index contributed by atoms with van der Waals surface area (Å²) in [5.74, 6) is 1.39. The van der Waals surface area contributed by atoms with Crippen LogP contribution in [0, 0.1) is 34.5 Å². The summed E-state index contributed by atoms with van der Waals surface area (Å²) < 4.78 is 10.6. The molecule has 0 bridgehead atoms. The largest absolute Gasteiger partial charge is 0.462 e. The van der Waals surface area contributed by atoms with Gasteiger partial charge in [0.25, 0.3) is 0 Å². The molecule has 5 heteroatoms. The van der Waals surface area contributed by atoms with Gasteiger partial charge in [-0.2, -0.15) is 0 Å². The van der Waals surface area contributed by atoms with Crippen molar-refractivity contribution >= 4 is 17.7 Å². The highest BCUT2D eigenvalue weighted by Gasteiger charge is 2.59. The van der Waals surface area contributed by atoms with E-state index in [4.69, 9.17) is 9.47 Å². The number of fused-ring (bicyclic) bond motifs is 5. The van der Waals surface area contributed by atoms with Crippen LogP contribution >= 0.6 is 0 Å². The lowest BCUT2D eigenvalue weighted by atomic mass is 9.47. The van der Waals surface area contributed by atoms with E-state index in [0.717, 1.165) is 51.4 Å². The standard InChI is InChI=1S/C25H36O5/c1-15(26)29-14-23(28)22-8-7-20-19-6-5-17-13-18(30-16(2)27)9-11-24(17,3)21(19)10-12-25(20,22)4/h5,18-22H,6-14H2,1-4H3/t18-,19-,20-,21-,22+,24+,25+/m1/s1. The predicted molar refractivity (Wildman–Crippen MR) is 112 cm³/mol. The minimum absolute atomic E-state index is 0.0145. The molecule has 30 heavy (non-hydrogen) atoms. The van der Waals surface area contributed by atoms with Crippen molar-refractivity contribution in [2.75, 3.05) is 6.61 Å². The van der Waals surface area contributed by atoms with Crippen molar-refractivity contribution in [1.82, 2.24) is 0 Å². The fraction of sp³-hybridized carbons (Fsp3) is 0.800. The lowest BCUT2D eigenvalue weighted by Crippen LogP contribution is -2.51. The summed E-state index contributed by atoms with van der Waals surface area (Å²) in [4.78, 5) is 35.4. The van der Waals surface area contributed by atoms with Gasteiger partial charge in [-0.3, -0.25) is 14.4 Å². The van der Waals surface area contributed by atoms with Crippen LogP contribution in [0.3, 0.4) is 0 Å². The van der Waals surface area contributed by atoms with E-state index < -0.39 is 0 Å². The van der Waals surface area contributed by atoms with Crippen LogP contribution < -0.4 is 0 Å². The van der Waals surface area contributed by atoms with Gasteiger partial charge in [-0.1, -0.05) is 25.5 Å². The molecule has 3 fully saturated rings. The normalized spacial score (nSPS) is 42.3. The first-order chi connectivity index (χ1) is 14.1. The number of ketones is 1. The molecule has 0 heterocycles. The zero-order valence-electron chi connectivity index (χ0n) is 18.9. The molecule has 0 radical (unpaired) electrons. The molecule has 0 aromatic heterocycles. The quantitative estimate of drug-likeness (QED) is 0.494. The molecule has 0 aromatic carbocycles. The molecule has 0 aliphatic heterocycles. The maximum absolute atomic E-state index is 12.9. The summed E-state index contributed by atoms with van der Waals surface area (Å²) in [5.41, 5.74) is 1.71.